The highest BCUT2D eigenvalue weighted by Crippen LogP contribution is 2.31. The maximum absolute atomic E-state index is 11.1. The summed E-state index contributed by atoms with van der Waals surface area (Å²) in [4.78, 5) is 20.2. The molecule has 0 aliphatic carbocycles. The van der Waals surface area contributed by atoms with E-state index in [1.54, 1.807) is 6.07 Å². The lowest BCUT2D eigenvalue weighted by molar-refractivity contribution is -0.129. The van der Waals surface area contributed by atoms with Gasteiger partial charge in [-0.3, -0.25) is 14.9 Å². The highest BCUT2D eigenvalue weighted by Gasteiger charge is 2.45. The van der Waals surface area contributed by atoms with Crippen LogP contribution in [-0.4, -0.2) is 16.7 Å². The molecule has 0 saturated carbocycles. The first-order valence-corrected chi connectivity index (χ1v) is 4.02. The van der Waals surface area contributed by atoms with Crippen molar-refractivity contribution in [2.24, 2.45) is 0 Å². The Morgan fingerprint density at radius 2 is 2.08 bits per heavy atom. The summed E-state index contributed by atoms with van der Waals surface area (Å²) in [6.45, 7) is 1.37. The molecule has 4 nitrogen and oxygen atoms in total. The smallest absolute Gasteiger partial charge is 0.269 e. The molecule has 1 atom stereocenters. The molecular weight excluding hydrogens is 215 g/mol. The number of hydrogen-bond donors (Lipinski definition) is 1. The average Bonchev–Trinajstić information content (AvgIpc) is 2.11. The van der Waals surface area contributed by atoms with Crippen LogP contribution in [-0.2, 0) is 9.59 Å². The van der Waals surface area contributed by atoms with E-state index in [4.69, 9.17) is 28.5 Å². The topological polar surface area (TPSA) is 70.0 Å². The first-order chi connectivity index (χ1) is 5.93. The van der Waals surface area contributed by atoms with Crippen LogP contribution in [0.5, 0.6) is 0 Å². The SMILES string of the molecule is CC1=C(Cl)C(=O)NC(=O)C1(Cl)C#N. The highest BCUT2D eigenvalue weighted by molar-refractivity contribution is 6.50. The van der Waals surface area contributed by atoms with Gasteiger partial charge in [0, 0.05) is 0 Å². The number of halogens is 2. The number of alkyl halides is 1. The van der Waals surface area contributed by atoms with E-state index >= 15 is 0 Å². The summed E-state index contributed by atoms with van der Waals surface area (Å²) in [5.74, 6) is -1.58. The molecule has 1 aliphatic heterocycles. The molecule has 0 aromatic rings. The van der Waals surface area contributed by atoms with Crippen LogP contribution in [0.4, 0.5) is 0 Å². The average molecular weight is 219 g/mol. The van der Waals surface area contributed by atoms with Crippen molar-refractivity contribution < 1.29 is 9.59 Å². The van der Waals surface area contributed by atoms with Gasteiger partial charge in [0.05, 0.1) is 0 Å². The van der Waals surface area contributed by atoms with Crippen LogP contribution in [0.15, 0.2) is 10.6 Å². The quantitative estimate of drug-likeness (QED) is 0.480. The van der Waals surface area contributed by atoms with Gasteiger partial charge in [-0.25, -0.2) is 0 Å². The number of rotatable bonds is 0. The van der Waals surface area contributed by atoms with Crippen LogP contribution in [0.3, 0.4) is 0 Å². The number of nitrogens with zero attached hydrogens (tertiary/aromatic N) is 1. The molecule has 2 amide bonds. The van der Waals surface area contributed by atoms with Crippen molar-refractivity contribution in [2.45, 2.75) is 11.8 Å². The third-order valence-electron chi connectivity index (χ3n) is 1.74. The molecule has 0 bridgehead atoms. The minimum absolute atomic E-state index is 0.0621. The molecule has 68 valence electrons. The van der Waals surface area contributed by atoms with Crippen LogP contribution in [0.2, 0.25) is 0 Å². The largest absolute Gasteiger partial charge is 0.289 e. The van der Waals surface area contributed by atoms with Crippen LogP contribution in [0.25, 0.3) is 0 Å². The zero-order valence-corrected chi connectivity index (χ0v) is 8.03. The van der Waals surface area contributed by atoms with Crippen molar-refractivity contribution >= 4 is 35.0 Å². The Hall–Kier alpha value is -1.05. The lowest BCUT2D eigenvalue weighted by Gasteiger charge is -2.24. The van der Waals surface area contributed by atoms with E-state index in [-0.39, 0.29) is 10.6 Å². The highest BCUT2D eigenvalue weighted by atomic mass is 35.5. The summed E-state index contributed by atoms with van der Waals surface area (Å²) in [5.41, 5.74) is 0.0621. The number of carbonyl (C=O) groups excluding carboxylic acids is 2. The maximum Gasteiger partial charge on any atom is 0.269 e. The fourth-order valence-corrected chi connectivity index (χ4v) is 1.25. The second-order valence-electron chi connectivity index (χ2n) is 2.49. The van der Waals surface area contributed by atoms with E-state index in [2.05, 4.69) is 0 Å². The molecule has 0 saturated heterocycles. The van der Waals surface area contributed by atoms with Crippen molar-refractivity contribution in [1.29, 1.82) is 5.26 Å². The molecule has 0 radical (unpaired) electrons. The normalized spacial score (nSPS) is 28.5. The first kappa shape index (κ1) is 10.0. The summed E-state index contributed by atoms with van der Waals surface area (Å²) >= 11 is 11.2. The number of carbonyl (C=O) groups is 2. The molecule has 0 aromatic carbocycles. The molecule has 0 fully saturated rings. The van der Waals surface area contributed by atoms with E-state index < -0.39 is 16.7 Å². The van der Waals surface area contributed by atoms with Crippen LogP contribution >= 0.6 is 23.2 Å². The van der Waals surface area contributed by atoms with Gasteiger partial charge in [-0.2, -0.15) is 5.26 Å². The van der Waals surface area contributed by atoms with Gasteiger partial charge in [0.1, 0.15) is 11.1 Å². The molecular formula is C7H4Cl2N2O2. The fourth-order valence-electron chi connectivity index (χ4n) is 0.871. The third-order valence-corrected chi connectivity index (χ3v) is 2.73. The molecule has 0 aromatic heterocycles. The Labute approximate surface area is 84.1 Å². The number of amides is 2. The predicted octanol–water partition coefficient (Wildman–Crippen LogP) is 0.657. The molecule has 1 heterocycles. The Morgan fingerprint density at radius 1 is 1.54 bits per heavy atom. The molecule has 1 unspecified atom stereocenters. The van der Waals surface area contributed by atoms with Crippen LogP contribution < -0.4 is 5.32 Å². The van der Waals surface area contributed by atoms with Gasteiger partial charge in [-0.05, 0) is 12.5 Å². The van der Waals surface area contributed by atoms with E-state index in [0.29, 0.717) is 0 Å². The van der Waals surface area contributed by atoms with Gasteiger partial charge < -0.3 is 0 Å². The van der Waals surface area contributed by atoms with E-state index in [1.807, 2.05) is 5.32 Å². The molecule has 13 heavy (non-hydrogen) atoms. The van der Waals surface area contributed by atoms with E-state index in [9.17, 15) is 9.59 Å². The Balaban J connectivity index is 3.36. The lowest BCUT2D eigenvalue weighted by Crippen LogP contribution is -2.50. The lowest BCUT2D eigenvalue weighted by atomic mass is 9.96. The summed E-state index contributed by atoms with van der Waals surface area (Å²) in [5, 5.41) is 10.3. The Bertz CT molecular complexity index is 369. The van der Waals surface area contributed by atoms with E-state index in [1.165, 1.54) is 6.92 Å². The van der Waals surface area contributed by atoms with Crippen molar-refractivity contribution in [3.8, 4) is 6.07 Å². The van der Waals surface area contributed by atoms with Gasteiger partial charge in [0.15, 0.2) is 0 Å². The standard InChI is InChI=1S/C7H4Cl2N2O2/c1-3-4(8)5(12)11-6(13)7(3,9)2-10/h1H3,(H,11,12,13). The van der Waals surface area contributed by atoms with Crippen LogP contribution in [0.1, 0.15) is 6.92 Å². The van der Waals surface area contributed by atoms with Crippen molar-refractivity contribution in [2.75, 3.05) is 0 Å². The summed E-state index contributed by atoms with van der Waals surface area (Å²) in [7, 11) is 0. The second kappa shape index (κ2) is 3.02. The third kappa shape index (κ3) is 1.30. The number of hydrogen-bond acceptors (Lipinski definition) is 3. The number of imide groups is 1. The van der Waals surface area contributed by atoms with E-state index in [0.717, 1.165) is 0 Å². The fraction of sp³-hybridized carbons (Fsp3) is 0.286. The number of nitrogens with one attached hydrogen (secondary N) is 1. The van der Waals surface area contributed by atoms with Crippen molar-refractivity contribution in [3.63, 3.8) is 0 Å². The molecule has 6 heteroatoms. The maximum atomic E-state index is 11.1. The van der Waals surface area contributed by atoms with Gasteiger partial charge >= 0.3 is 0 Å². The minimum Gasteiger partial charge on any atom is -0.289 e. The van der Waals surface area contributed by atoms with Crippen LogP contribution in [0, 0.1) is 11.3 Å². The zero-order valence-electron chi connectivity index (χ0n) is 6.52. The van der Waals surface area contributed by atoms with Gasteiger partial charge in [-0.15, -0.1) is 0 Å². The Morgan fingerprint density at radius 3 is 2.54 bits per heavy atom. The summed E-state index contributed by atoms with van der Waals surface area (Å²) in [6, 6.07) is 1.59. The van der Waals surface area contributed by atoms with Crippen molar-refractivity contribution in [1.82, 2.24) is 5.32 Å². The molecule has 1 N–H and O–H groups in total. The monoisotopic (exact) mass is 218 g/mol. The van der Waals surface area contributed by atoms with Gasteiger partial charge in [0.25, 0.3) is 11.8 Å². The molecule has 0 spiro atoms. The zero-order chi connectivity index (χ0) is 10.2. The van der Waals surface area contributed by atoms with Gasteiger partial charge in [-0.1, -0.05) is 23.2 Å². The molecule has 1 aliphatic rings. The summed E-state index contributed by atoms with van der Waals surface area (Å²) in [6.07, 6.45) is 0. The Kier molecular flexibility index (Phi) is 2.33. The first-order valence-electron chi connectivity index (χ1n) is 3.26. The van der Waals surface area contributed by atoms with Crippen molar-refractivity contribution in [3.05, 3.63) is 10.6 Å². The van der Waals surface area contributed by atoms with Gasteiger partial charge in [0.2, 0.25) is 4.87 Å². The molecule has 1 rings (SSSR count). The minimum atomic E-state index is -1.86. The predicted molar refractivity (Wildman–Crippen MR) is 45.9 cm³/mol. The second-order valence-corrected chi connectivity index (χ2v) is 3.44. The summed E-state index contributed by atoms with van der Waals surface area (Å²) < 4.78 is 0. The number of nitriles is 1.